The summed E-state index contributed by atoms with van der Waals surface area (Å²) in [5.74, 6) is 0. The van der Waals surface area contributed by atoms with Crippen LogP contribution in [0.25, 0.3) is 0 Å². The zero-order valence-corrected chi connectivity index (χ0v) is 6.28. The predicted octanol–water partition coefficient (Wildman–Crippen LogP) is -0.0276. The highest BCUT2D eigenvalue weighted by Gasteiger charge is 2.06. The molecule has 1 heterocycles. The number of nitrogens with two attached hydrogens (primary N) is 1. The summed E-state index contributed by atoms with van der Waals surface area (Å²) >= 11 is 0. The van der Waals surface area contributed by atoms with Gasteiger partial charge in [-0.3, -0.25) is 0 Å². The average Bonchev–Trinajstić information content (AvgIpc) is 2.30. The minimum Gasteiger partial charge on any atom is -0.373 e. The van der Waals surface area contributed by atoms with E-state index < -0.39 is 6.23 Å². The molecule has 4 N–H and O–H groups in total. The molecule has 0 amide bonds. The monoisotopic (exact) mass is 153 g/mol. The zero-order chi connectivity index (χ0) is 8.43. The van der Waals surface area contributed by atoms with Gasteiger partial charge in [-0.2, -0.15) is 0 Å². The number of hydrogen-bond donors (Lipinski definition) is 3. The molecule has 0 bridgehead atoms. The summed E-state index contributed by atoms with van der Waals surface area (Å²) in [4.78, 5) is 0. The summed E-state index contributed by atoms with van der Waals surface area (Å²) < 4.78 is 1.70. The molecule has 0 saturated carbocycles. The number of aryl methyl sites for hydroxylation is 1. The molecule has 0 aromatic carbocycles. The number of rotatable bonds is 2. The molecule has 1 rings (SSSR count). The maximum absolute atomic E-state index is 9.00. The fourth-order valence-corrected chi connectivity index (χ4v) is 0.981. The van der Waals surface area contributed by atoms with Gasteiger partial charge in [0.1, 0.15) is 6.23 Å². The molecule has 0 aliphatic carbocycles. The second-order valence-corrected chi connectivity index (χ2v) is 2.40. The van der Waals surface area contributed by atoms with Gasteiger partial charge in [0.15, 0.2) is 0 Å². The quantitative estimate of drug-likeness (QED) is 0.412. The third-order valence-electron chi connectivity index (χ3n) is 1.53. The molecule has 0 spiro atoms. The first-order valence-electron chi connectivity index (χ1n) is 3.25. The standard InChI is InChI=1S/C7H11N3O/c1-10-4-5(3-8)2-6(10)7(9)11/h2-4,7-8,11H,9H2,1H3. The lowest BCUT2D eigenvalue weighted by Crippen LogP contribution is -2.12. The molecule has 0 aliphatic rings. The van der Waals surface area contributed by atoms with Crippen LogP contribution in [0.5, 0.6) is 0 Å². The molecule has 0 aliphatic heterocycles. The van der Waals surface area contributed by atoms with E-state index in [2.05, 4.69) is 0 Å². The van der Waals surface area contributed by atoms with Crippen molar-refractivity contribution in [1.29, 1.82) is 5.41 Å². The van der Waals surface area contributed by atoms with Gasteiger partial charge >= 0.3 is 0 Å². The van der Waals surface area contributed by atoms with Crippen LogP contribution in [0.15, 0.2) is 12.3 Å². The van der Waals surface area contributed by atoms with Gasteiger partial charge in [-0.25, -0.2) is 0 Å². The van der Waals surface area contributed by atoms with E-state index in [0.717, 1.165) is 5.56 Å². The van der Waals surface area contributed by atoms with Gasteiger partial charge in [0.2, 0.25) is 0 Å². The lowest BCUT2D eigenvalue weighted by Gasteiger charge is -2.03. The molecule has 4 nitrogen and oxygen atoms in total. The molecule has 0 saturated heterocycles. The van der Waals surface area contributed by atoms with Crippen LogP contribution < -0.4 is 5.73 Å². The third kappa shape index (κ3) is 1.47. The van der Waals surface area contributed by atoms with Crippen molar-refractivity contribution in [3.05, 3.63) is 23.5 Å². The van der Waals surface area contributed by atoms with Crippen LogP contribution in [0.1, 0.15) is 17.5 Å². The Hall–Kier alpha value is -1.13. The first kappa shape index (κ1) is 7.97. The van der Waals surface area contributed by atoms with Gasteiger partial charge in [0, 0.05) is 25.0 Å². The van der Waals surface area contributed by atoms with Gasteiger partial charge < -0.3 is 20.8 Å². The van der Waals surface area contributed by atoms with Crippen molar-refractivity contribution in [2.24, 2.45) is 12.8 Å². The molecular weight excluding hydrogens is 142 g/mol. The second kappa shape index (κ2) is 2.86. The summed E-state index contributed by atoms with van der Waals surface area (Å²) in [6, 6.07) is 1.68. The molecule has 1 unspecified atom stereocenters. The molecule has 1 aromatic rings. The summed E-state index contributed by atoms with van der Waals surface area (Å²) in [6.07, 6.45) is 1.98. The molecule has 0 radical (unpaired) electrons. The van der Waals surface area contributed by atoms with Gasteiger partial charge in [-0.1, -0.05) is 0 Å². The largest absolute Gasteiger partial charge is 0.373 e. The topological polar surface area (TPSA) is 75.0 Å². The highest BCUT2D eigenvalue weighted by atomic mass is 16.3. The Kier molecular flexibility index (Phi) is 2.07. The van der Waals surface area contributed by atoms with Crippen molar-refractivity contribution in [2.45, 2.75) is 6.23 Å². The number of nitrogens with zero attached hydrogens (tertiary/aromatic N) is 1. The van der Waals surface area contributed by atoms with Crippen LogP contribution in [0.2, 0.25) is 0 Å². The first-order valence-corrected chi connectivity index (χ1v) is 3.25. The molecule has 11 heavy (non-hydrogen) atoms. The molecule has 60 valence electrons. The smallest absolute Gasteiger partial charge is 0.143 e. The highest BCUT2D eigenvalue weighted by Crippen LogP contribution is 2.09. The Morgan fingerprint density at radius 2 is 2.45 bits per heavy atom. The normalized spacial score (nSPS) is 13.0. The second-order valence-electron chi connectivity index (χ2n) is 2.40. The van der Waals surface area contributed by atoms with Crippen molar-refractivity contribution in [2.75, 3.05) is 0 Å². The summed E-state index contributed by atoms with van der Waals surface area (Å²) in [5, 5.41) is 15.9. The van der Waals surface area contributed by atoms with Gasteiger partial charge in [0.05, 0.1) is 5.69 Å². The summed E-state index contributed by atoms with van der Waals surface area (Å²) in [5.41, 5.74) is 6.60. The summed E-state index contributed by atoms with van der Waals surface area (Å²) in [6.45, 7) is 0. The van der Waals surface area contributed by atoms with Crippen LogP contribution >= 0.6 is 0 Å². The molecule has 1 atom stereocenters. The Balaban J connectivity index is 3.06. The lowest BCUT2D eigenvalue weighted by atomic mass is 10.3. The highest BCUT2D eigenvalue weighted by molar-refractivity contribution is 5.76. The van der Waals surface area contributed by atoms with E-state index in [9.17, 15) is 0 Å². The Bertz CT molecular complexity index is 265. The average molecular weight is 153 g/mol. The SMILES string of the molecule is Cn1cc(C=N)cc1C(N)O. The van der Waals surface area contributed by atoms with Gasteiger partial charge in [-0.05, 0) is 6.07 Å². The fraction of sp³-hybridized carbons (Fsp3) is 0.286. The first-order chi connectivity index (χ1) is 5.15. The Labute approximate surface area is 64.8 Å². The minimum atomic E-state index is -0.964. The Morgan fingerprint density at radius 1 is 1.82 bits per heavy atom. The van der Waals surface area contributed by atoms with Crippen molar-refractivity contribution >= 4 is 6.21 Å². The van der Waals surface area contributed by atoms with E-state index in [0.29, 0.717) is 5.69 Å². The van der Waals surface area contributed by atoms with Crippen molar-refractivity contribution in [3.8, 4) is 0 Å². The predicted molar refractivity (Wildman–Crippen MR) is 42.4 cm³/mol. The van der Waals surface area contributed by atoms with Crippen LogP contribution in [-0.2, 0) is 7.05 Å². The van der Waals surface area contributed by atoms with Gasteiger partial charge in [0.25, 0.3) is 0 Å². The van der Waals surface area contributed by atoms with Crippen LogP contribution in [0.4, 0.5) is 0 Å². The molecule has 0 fully saturated rings. The number of nitrogens with one attached hydrogen (secondary N) is 1. The van der Waals surface area contributed by atoms with Gasteiger partial charge in [-0.15, -0.1) is 0 Å². The van der Waals surface area contributed by atoms with E-state index in [4.69, 9.17) is 16.2 Å². The van der Waals surface area contributed by atoms with Crippen LogP contribution in [-0.4, -0.2) is 15.9 Å². The van der Waals surface area contributed by atoms with Crippen LogP contribution in [0, 0.1) is 5.41 Å². The Morgan fingerprint density at radius 3 is 2.73 bits per heavy atom. The number of hydrogen-bond acceptors (Lipinski definition) is 3. The minimum absolute atomic E-state index is 0.614. The number of aliphatic hydroxyl groups excluding tert-OH is 1. The van der Waals surface area contributed by atoms with Crippen molar-refractivity contribution in [3.63, 3.8) is 0 Å². The van der Waals surface area contributed by atoms with E-state index in [-0.39, 0.29) is 0 Å². The number of aromatic nitrogens is 1. The van der Waals surface area contributed by atoms with Crippen molar-refractivity contribution in [1.82, 2.24) is 4.57 Å². The fourth-order valence-electron chi connectivity index (χ4n) is 0.981. The molecule has 1 aromatic heterocycles. The third-order valence-corrected chi connectivity index (χ3v) is 1.53. The zero-order valence-electron chi connectivity index (χ0n) is 6.28. The summed E-state index contributed by atoms with van der Waals surface area (Å²) in [7, 11) is 1.78. The van der Waals surface area contributed by atoms with Crippen molar-refractivity contribution < 1.29 is 5.11 Å². The van der Waals surface area contributed by atoms with E-state index in [1.165, 1.54) is 6.21 Å². The van der Waals surface area contributed by atoms with E-state index in [1.807, 2.05) is 0 Å². The maximum Gasteiger partial charge on any atom is 0.143 e. The lowest BCUT2D eigenvalue weighted by molar-refractivity contribution is 0.178. The maximum atomic E-state index is 9.00. The van der Waals surface area contributed by atoms with Crippen LogP contribution in [0.3, 0.4) is 0 Å². The van der Waals surface area contributed by atoms with E-state index in [1.54, 1.807) is 23.9 Å². The number of aliphatic hydroxyl groups is 1. The molecule has 4 heteroatoms. The van der Waals surface area contributed by atoms with E-state index >= 15 is 0 Å². The molecular formula is C7H11N3O.